The van der Waals surface area contributed by atoms with Gasteiger partial charge in [0.05, 0.1) is 16.9 Å². The summed E-state index contributed by atoms with van der Waals surface area (Å²) < 4.78 is 31.8. The molecule has 9 heteroatoms. The lowest BCUT2D eigenvalue weighted by atomic mass is 9.82. The number of aliphatic carboxylic acids is 1. The number of nitrogens with one attached hydrogen (secondary N) is 1. The molecule has 1 aliphatic rings. The van der Waals surface area contributed by atoms with Crippen molar-refractivity contribution in [1.82, 2.24) is 9.62 Å². The quantitative estimate of drug-likeness (QED) is 0.677. The van der Waals surface area contributed by atoms with E-state index in [0.29, 0.717) is 19.4 Å². The number of carboxylic acids is 1. The molecule has 1 aromatic carbocycles. The minimum absolute atomic E-state index is 0.0162. The fraction of sp³-hybridized carbons (Fsp3) is 0.529. The lowest BCUT2D eigenvalue weighted by molar-refractivity contribution is -0.150. The van der Waals surface area contributed by atoms with E-state index >= 15 is 0 Å². The number of nitrogens with zero attached hydrogens (tertiary/aromatic N) is 1. The van der Waals surface area contributed by atoms with E-state index in [1.807, 2.05) is 0 Å². The second-order valence-electron chi connectivity index (χ2n) is 6.61. The van der Waals surface area contributed by atoms with Crippen LogP contribution in [0.2, 0.25) is 0 Å². The fourth-order valence-corrected chi connectivity index (χ4v) is 3.99. The molecule has 0 radical (unpaired) electrons. The lowest BCUT2D eigenvalue weighted by Crippen LogP contribution is -2.48. The van der Waals surface area contributed by atoms with E-state index in [4.69, 9.17) is 4.74 Å². The molecule has 1 unspecified atom stereocenters. The van der Waals surface area contributed by atoms with Crippen LogP contribution >= 0.6 is 0 Å². The summed E-state index contributed by atoms with van der Waals surface area (Å²) in [5.41, 5.74) is -0.770. The predicted molar refractivity (Wildman–Crippen MR) is 94.4 cm³/mol. The zero-order valence-electron chi connectivity index (χ0n) is 14.9. The lowest BCUT2D eigenvalue weighted by Gasteiger charge is -2.37. The zero-order chi connectivity index (χ0) is 19.4. The molecule has 1 saturated heterocycles. The number of hydrogen-bond donors (Lipinski definition) is 2. The molecule has 0 bridgehead atoms. The molecule has 0 spiro atoms. The highest BCUT2D eigenvalue weighted by atomic mass is 32.2. The molecule has 1 fully saturated rings. The number of piperidine rings is 1. The largest absolute Gasteiger partial charge is 0.481 e. The number of benzene rings is 1. The molecule has 2 rings (SSSR count). The van der Waals surface area contributed by atoms with E-state index < -0.39 is 21.4 Å². The third kappa shape index (κ3) is 4.60. The van der Waals surface area contributed by atoms with E-state index in [0.717, 1.165) is 0 Å². The van der Waals surface area contributed by atoms with E-state index in [1.165, 1.54) is 36.3 Å². The zero-order valence-corrected chi connectivity index (χ0v) is 15.7. The maximum atomic E-state index is 12.7. The van der Waals surface area contributed by atoms with Crippen LogP contribution in [0.4, 0.5) is 0 Å². The third-order valence-electron chi connectivity index (χ3n) is 4.49. The highest BCUT2D eigenvalue weighted by Gasteiger charge is 2.39. The van der Waals surface area contributed by atoms with Gasteiger partial charge in [-0.15, -0.1) is 0 Å². The predicted octanol–water partition coefficient (Wildman–Crippen LogP) is 0.938. The van der Waals surface area contributed by atoms with Crippen molar-refractivity contribution in [2.45, 2.75) is 24.7 Å². The molecule has 1 aromatic rings. The summed E-state index contributed by atoms with van der Waals surface area (Å²) in [7, 11) is -2.28. The van der Waals surface area contributed by atoms with Crippen LogP contribution in [0, 0.1) is 5.41 Å². The number of carbonyl (C=O) groups is 2. The Morgan fingerprint density at radius 1 is 1.38 bits per heavy atom. The Balaban J connectivity index is 2.19. The standard InChI is InChI=1S/C17H24N2O6S/c1-17(16(21)22)7-4-9-19(12-17)15(20)13-5-3-6-14(11-13)26(23,24)18-8-10-25-2/h3,5-6,11,18H,4,7-10,12H2,1-2H3,(H,21,22). The number of sulfonamides is 1. The summed E-state index contributed by atoms with van der Waals surface area (Å²) in [5, 5.41) is 9.39. The molecule has 0 aromatic heterocycles. The second kappa shape index (κ2) is 8.15. The summed E-state index contributed by atoms with van der Waals surface area (Å²) in [4.78, 5) is 25.7. The fourth-order valence-electron chi connectivity index (χ4n) is 2.93. The minimum Gasteiger partial charge on any atom is -0.481 e. The number of carbonyl (C=O) groups excluding carboxylic acids is 1. The van der Waals surface area contributed by atoms with Gasteiger partial charge in [0.25, 0.3) is 5.91 Å². The van der Waals surface area contributed by atoms with Gasteiger partial charge in [-0.2, -0.15) is 0 Å². The first-order valence-electron chi connectivity index (χ1n) is 8.31. The van der Waals surface area contributed by atoms with Crippen molar-refractivity contribution in [3.8, 4) is 0 Å². The Bertz CT molecular complexity index is 779. The Morgan fingerprint density at radius 3 is 2.77 bits per heavy atom. The number of hydrogen-bond acceptors (Lipinski definition) is 5. The van der Waals surface area contributed by atoms with E-state index in [9.17, 15) is 23.1 Å². The van der Waals surface area contributed by atoms with E-state index in [-0.39, 0.29) is 36.1 Å². The molecule has 0 aliphatic carbocycles. The van der Waals surface area contributed by atoms with E-state index in [1.54, 1.807) is 6.92 Å². The first kappa shape index (κ1) is 20.3. The maximum Gasteiger partial charge on any atom is 0.311 e. The van der Waals surface area contributed by atoms with E-state index in [2.05, 4.69) is 4.72 Å². The minimum atomic E-state index is -3.75. The number of ether oxygens (including phenoxy) is 1. The normalized spacial score (nSPS) is 20.8. The van der Waals surface area contributed by atoms with Gasteiger partial charge < -0.3 is 14.7 Å². The Hall–Kier alpha value is -1.97. The van der Waals surface area contributed by atoms with Crippen LogP contribution in [0.1, 0.15) is 30.1 Å². The number of likely N-dealkylation sites (tertiary alicyclic amines) is 1. The van der Waals surface area contributed by atoms with Crippen LogP contribution in [0.3, 0.4) is 0 Å². The van der Waals surface area contributed by atoms with Crippen LogP contribution in [0.5, 0.6) is 0 Å². The SMILES string of the molecule is COCCNS(=O)(=O)c1cccc(C(=O)N2CCCC(C)(C(=O)O)C2)c1. The highest BCUT2D eigenvalue weighted by Crippen LogP contribution is 2.30. The van der Waals surface area contributed by atoms with Gasteiger partial charge in [-0.05, 0) is 38.0 Å². The van der Waals surface area contributed by atoms with Crippen molar-refractivity contribution in [3.05, 3.63) is 29.8 Å². The van der Waals surface area contributed by atoms with Crippen molar-refractivity contribution < 1.29 is 27.9 Å². The van der Waals surface area contributed by atoms with Crippen molar-refractivity contribution in [2.24, 2.45) is 5.41 Å². The van der Waals surface area contributed by atoms with Gasteiger partial charge in [-0.3, -0.25) is 9.59 Å². The van der Waals surface area contributed by atoms with Crippen LogP contribution < -0.4 is 4.72 Å². The molecule has 1 aliphatic heterocycles. The second-order valence-corrected chi connectivity index (χ2v) is 8.38. The number of carboxylic acid groups (broad SMARTS) is 1. The molecule has 1 atom stereocenters. The monoisotopic (exact) mass is 384 g/mol. The van der Waals surface area contributed by atoms with Gasteiger partial charge in [0.2, 0.25) is 10.0 Å². The van der Waals surface area contributed by atoms with Crippen molar-refractivity contribution in [2.75, 3.05) is 33.4 Å². The summed E-state index contributed by atoms with van der Waals surface area (Å²) in [6.07, 6.45) is 1.09. The van der Waals surface area contributed by atoms with Crippen LogP contribution in [-0.2, 0) is 19.6 Å². The van der Waals surface area contributed by atoms with Gasteiger partial charge in [-0.25, -0.2) is 13.1 Å². The molecular weight excluding hydrogens is 360 g/mol. The smallest absolute Gasteiger partial charge is 0.311 e. The molecule has 2 N–H and O–H groups in total. The van der Waals surface area contributed by atoms with Gasteiger partial charge >= 0.3 is 5.97 Å². The maximum absolute atomic E-state index is 12.7. The molecule has 1 amide bonds. The highest BCUT2D eigenvalue weighted by molar-refractivity contribution is 7.89. The van der Waals surface area contributed by atoms with Crippen LogP contribution in [-0.4, -0.2) is 63.7 Å². The number of methoxy groups -OCH3 is 1. The average Bonchev–Trinajstić information content (AvgIpc) is 2.61. The molecule has 8 nitrogen and oxygen atoms in total. The topological polar surface area (TPSA) is 113 Å². The Morgan fingerprint density at radius 2 is 2.12 bits per heavy atom. The number of amides is 1. The Kier molecular flexibility index (Phi) is 6.38. The average molecular weight is 384 g/mol. The van der Waals surface area contributed by atoms with Crippen molar-refractivity contribution in [1.29, 1.82) is 0 Å². The van der Waals surface area contributed by atoms with Crippen LogP contribution in [0.25, 0.3) is 0 Å². The van der Waals surface area contributed by atoms with Gasteiger partial charge in [-0.1, -0.05) is 6.07 Å². The third-order valence-corrected chi connectivity index (χ3v) is 5.95. The number of rotatable bonds is 7. The molecule has 144 valence electrons. The summed E-state index contributed by atoms with van der Waals surface area (Å²) in [6, 6.07) is 5.75. The summed E-state index contributed by atoms with van der Waals surface area (Å²) >= 11 is 0. The molecule has 1 heterocycles. The van der Waals surface area contributed by atoms with Gasteiger partial charge in [0, 0.05) is 32.3 Å². The van der Waals surface area contributed by atoms with Gasteiger partial charge in [0.15, 0.2) is 0 Å². The Labute approximate surface area is 153 Å². The first-order valence-corrected chi connectivity index (χ1v) is 9.79. The molecule has 26 heavy (non-hydrogen) atoms. The summed E-state index contributed by atoms with van der Waals surface area (Å²) in [5.74, 6) is -1.31. The van der Waals surface area contributed by atoms with Gasteiger partial charge in [0.1, 0.15) is 0 Å². The van der Waals surface area contributed by atoms with Crippen LogP contribution in [0.15, 0.2) is 29.2 Å². The molecule has 0 saturated carbocycles. The molecular formula is C17H24N2O6S. The first-order chi connectivity index (χ1) is 12.2. The summed E-state index contributed by atoms with van der Waals surface area (Å²) in [6.45, 7) is 2.53. The van der Waals surface area contributed by atoms with Crippen molar-refractivity contribution in [3.63, 3.8) is 0 Å². The van der Waals surface area contributed by atoms with Crippen molar-refractivity contribution >= 4 is 21.9 Å².